The van der Waals surface area contributed by atoms with Crippen molar-refractivity contribution in [3.63, 3.8) is 0 Å². The van der Waals surface area contributed by atoms with Crippen LogP contribution in [0.15, 0.2) is 23.8 Å². The minimum absolute atomic E-state index is 0.0214. The summed E-state index contributed by atoms with van der Waals surface area (Å²) in [7, 11) is 1.53. The van der Waals surface area contributed by atoms with E-state index in [0.717, 1.165) is 22.6 Å². The molecule has 0 aromatic carbocycles. The molecule has 7 atom stereocenters. The summed E-state index contributed by atoms with van der Waals surface area (Å²) in [5.41, 5.74) is 2.05. The molecular formula is C23H32O2S. The average molecular weight is 373 g/mol. The van der Waals surface area contributed by atoms with Crippen molar-refractivity contribution in [2.24, 2.45) is 40.4 Å². The molecule has 0 spiro atoms. The van der Waals surface area contributed by atoms with Crippen LogP contribution in [0.3, 0.4) is 0 Å². The first-order chi connectivity index (χ1) is 12.3. The van der Waals surface area contributed by atoms with Crippen LogP contribution in [0.1, 0.15) is 59.3 Å². The van der Waals surface area contributed by atoms with Crippen LogP contribution in [0.25, 0.3) is 0 Å². The summed E-state index contributed by atoms with van der Waals surface area (Å²) >= 11 is 5.44. The number of carbonyl (C=O) groups is 1. The SMILES string of the molecule is COC(=O)C(C)[C@H]1CC[C@H]2[C@@H]3CCC4=CC(=S)C=C[C@]4(C)[C@H]3CC[C@]12C. The Kier molecular flexibility index (Phi) is 4.45. The largest absolute Gasteiger partial charge is 0.469 e. The first-order valence-electron chi connectivity index (χ1n) is 10.3. The Morgan fingerprint density at radius 3 is 2.73 bits per heavy atom. The summed E-state index contributed by atoms with van der Waals surface area (Å²) in [6.45, 7) is 7.01. The van der Waals surface area contributed by atoms with E-state index in [-0.39, 0.29) is 17.3 Å². The summed E-state index contributed by atoms with van der Waals surface area (Å²) in [6.07, 6.45) is 14.3. The predicted molar refractivity (Wildman–Crippen MR) is 109 cm³/mol. The van der Waals surface area contributed by atoms with Crippen LogP contribution < -0.4 is 0 Å². The van der Waals surface area contributed by atoms with Gasteiger partial charge < -0.3 is 4.74 Å². The van der Waals surface area contributed by atoms with Crippen LogP contribution >= 0.6 is 12.2 Å². The van der Waals surface area contributed by atoms with Crippen LogP contribution in [0.2, 0.25) is 0 Å². The number of ether oxygens (including phenoxy) is 1. The topological polar surface area (TPSA) is 26.3 Å². The number of allylic oxidation sites excluding steroid dienone is 4. The van der Waals surface area contributed by atoms with E-state index in [1.807, 2.05) is 0 Å². The molecule has 4 rings (SSSR count). The maximum absolute atomic E-state index is 12.2. The lowest BCUT2D eigenvalue weighted by Gasteiger charge is -2.57. The van der Waals surface area contributed by atoms with E-state index in [4.69, 9.17) is 17.0 Å². The molecule has 142 valence electrons. The van der Waals surface area contributed by atoms with Crippen molar-refractivity contribution >= 4 is 23.1 Å². The van der Waals surface area contributed by atoms with Gasteiger partial charge in [-0.05, 0) is 79.8 Å². The highest BCUT2D eigenvalue weighted by Crippen LogP contribution is 2.66. The molecule has 3 heteroatoms. The number of hydrogen-bond acceptors (Lipinski definition) is 3. The zero-order valence-electron chi connectivity index (χ0n) is 16.6. The second kappa shape index (κ2) is 6.29. The van der Waals surface area contributed by atoms with E-state index >= 15 is 0 Å². The molecule has 0 heterocycles. The molecule has 0 bridgehead atoms. The molecule has 3 saturated carbocycles. The highest BCUT2D eigenvalue weighted by molar-refractivity contribution is 7.81. The van der Waals surface area contributed by atoms with E-state index in [9.17, 15) is 4.79 Å². The van der Waals surface area contributed by atoms with E-state index in [1.165, 1.54) is 45.6 Å². The van der Waals surface area contributed by atoms with Crippen LogP contribution in [0, 0.1) is 40.4 Å². The Morgan fingerprint density at radius 2 is 2.00 bits per heavy atom. The fraction of sp³-hybridized carbons (Fsp3) is 0.739. The van der Waals surface area contributed by atoms with Crippen molar-refractivity contribution in [2.45, 2.75) is 59.3 Å². The summed E-state index contributed by atoms with van der Waals surface area (Å²) in [5.74, 6) is 2.73. The average Bonchev–Trinajstić information content (AvgIpc) is 2.98. The van der Waals surface area contributed by atoms with E-state index in [0.29, 0.717) is 11.3 Å². The summed E-state index contributed by atoms with van der Waals surface area (Å²) < 4.78 is 5.08. The predicted octanol–water partition coefficient (Wildman–Crippen LogP) is 5.52. The van der Waals surface area contributed by atoms with Gasteiger partial charge >= 0.3 is 5.97 Å². The Labute approximate surface area is 163 Å². The third-order valence-corrected chi connectivity index (χ3v) is 9.06. The molecule has 2 nitrogen and oxygen atoms in total. The fourth-order valence-electron chi connectivity index (χ4n) is 7.41. The molecule has 0 aromatic rings. The number of carbonyl (C=O) groups excluding carboxylic acids is 1. The molecular weight excluding hydrogens is 340 g/mol. The van der Waals surface area contributed by atoms with Crippen molar-refractivity contribution in [2.75, 3.05) is 7.11 Å². The molecule has 0 saturated heterocycles. The second-order valence-corrected chi connectivity index (χ2v) is 10.1. The number of esters is 1. The maximum atomic E-state index is 12.2. The fourth-order valence-corrected chi connectivity index (χ4v) is 7.62. The number of fused-ring (bicyclic) bond motifs is 5. The molecule has 4 aliphatic carbocycles. The van der Waals surface area contributed by atoms with Gasteiger partial charge in [-0.2, -0.15) is 0 Å². The van der Waals surface area contributed by atoms with Crippen LogP contribution in [0.4, 0.5) is 0 Å². The van der Waals surface area contributed by atoms with Crippen molar-refractivity contribution in [3.8, 4) is 0 Å². The van der Waals surface area contributed by atoms with Gasteiger partial charge in [0.2, 0.25) is 0 Å². The molecule has 0 aliphatic heterocycles. The third kappa shape index (κ3) is 2.49. The van der Waals surface area contributed by atoms with Gasteiger partial charge in [0.15, 0.2) is 0 Å². The van der Waals surface area contributed by atoms with Gasteiger partial charge in [-0.3, -0.25) is 4.79 Å². The van der Waals surface area contributed by atoms with Crippen LogP contribution in [-0.2, 0) is 9.53 Å². The minimum atomic E-state index is -0.0245. The summed E-state index contributed by atoms with van der Waals surface area (Å²) in [5, 5.41) is 0. The first kappa shape index (κ1) is 18.4. The summed E-state index contributed by atoms with van der Waals surface area (Å²) in [4.78, 5) is 13.2. The van der Waals surface area contributed by atoms with Crippen LogP contribution in [-0.4, -0.2) is 17.9 Å². The van der Waals surface area contributed by atoms with Gasteiger partial charge in [-0.15, -0.1) is 0 Å². The lowest BCUT2D eigenvalue weighted by Crippen LogP contribution is -2.50. The molecule has 1 unspecified atom stereocenters. The van der Waals surface area contributed by atoms with E-state index in [1.54, 1.807) is 5.57 Å². The van der Waals surface area contributed by atoms with E-state index < -0.39 is 0 Å². The first-order valence-corrected chi connectivity index (χ1v) is 10.7. The van der Waals surface area contributed by atoms with Gasteiger partial charge in [-0.25, -0.2) is 0 Å². The molecule has 0 aromatic heterocycles. The van der Waals surface area contributed by atoms with Crippen molar-refractivity contribution in [1.82, 2.24) is 0 Å². The number of hydrogen-bond donors (Lipinski definition) is 0. The molecule has 3 fully saturated rings. The Morgan fingerprint density at radius 1 is 1.23 bits per heavy atom. The molecule has 4 aliphatic rings. The van der Waals surface area contributed by atoms with Crippen molar-refractivity contribution in [3.05, 3.63) is 23.8 Å². The van der Waals surface area contributed by atoms with Gasteiger partial charge in [0.05, 0.1) is 13.0 Å². The summed E-state index contributed by atoms with van der Waals surface area (Å²) in [6, 6.07) is 0. The number of rotatable bonds is 2. The second-order valence-electron chi connectivity index (χ2n) is 9.64. The standard InChI is InChI=1S/C23H32O2S/c1-14(21(24)25-4)18-7-8-19-17-6-5-15-13-16(26)9-11-22(15,2)20(17)10-12-23(18,19)3/h9,11,13-14,17-20H,5-8,10,12H2,1-4H3/t14?,17-,18+,19-,20-,22-,23+/m0/s1. The highest BCUT2D eigenvalue weighted by Gasteiger charge is 2.59. The van der Waals surface area contributed by atoms with E-state index in [2.05, 4.69) is 39.0 Å². The normalized spacial score (nSPS) is 45.2. The number of thiocarbonyl (C=S) groups is 1. The van der Waals surface area contributed by atoms with Crippen molar-refractivity contribution in [1.29, 1.82) is 0 Å². The van der Waals surface area contributed by atoms with Gasteiger partial charge in [0.25, 0.3) is 0 Å². The Bertz CT molecular complexity index is 692. The van der Waals surface area contributed by atoms with Gasteiger partial charge in [0.1, 0.15) is 0 Å². The third-order valence-electron chi connectivity index (χ3n) is 8.81. The molecule has 0 N–H and O–H groups in total. The van der Waals surface area contributed by atoms with Crippen LogP contribution in [0.5, 0.6) is 0 Å². The Hall–Kier alpha value is -0.960. The molecule has 26 heavy (non-hydrogen) atoms. The molecule has 0 radical (unpaired) electrons. The maximum Gasteiger partial charge on any atom is 0.308 e. The number of methoxy groups -OCH3 is 1. The quantitative estimate of drug-likeness (QED) is 0.471. The smallest absolute Gasteiger partial charge is 0.308 e. The zero-order valence-corrected chi connectivity index (χ0v) is 17.4. The molecule has 0 amide bonds. The van der Waals surface area contributed by atoms with Gasteiger partial charge in [-0.1, -0.05) is 44.6 Å². The monoisotopic (exact) mass is 372 g/mol. The minimum Gasteiger partial charge on any atom is -0.469 e. The zero-order chi connectivity index (χ0) is 18.7. The lowest BCUT2D eigenvalue weighted by molar-refractivity contribution is -0.149. The van der Waals surface area contributed by atoms with Crippen molar-refractivity contribution < 1.29 is 9.53 Å². The Balaban J connectivity index is 1.62. The van der Waals surface area contributed by atoms with Gasteiger partial charge in [0, 0.05) is 10.3 Å². The highest BCUT2D eigenvalue weighted by atomic mass is 32.1. The lowest BCUT2D eigenvalue weighted by atomic mass is 9.47.